The second kappa shape index (κ2) is 12.2. The molecule has 2 aliphatic heterocycles. The number of rotatable bonds is 7. The van der Waals surface area contributed by atoms with Crippen molar-refractivity contribution in [3.05, 3.63) is 94.3 Å². The van der Waals surface area contributed by atoms with Gasteiger partial charge in [-0.15, -0.1) is 0 Å². The van der Waals surface area contributed by atoms with Crippen LogP contribution < -0.4 is 10.3 Å². The molecule has 10 nitrogen and oxygen atoms in total. The minimum atomic E-state index is -0.467. The Hall–Kier alpha value is -4.44. The van der Waals surface area contributed by atoms with Gasteiger partial charge in [-0.1, -0.05) is 30.3 Å². The number of carbonyl (C=O) groups excluding carboxylic acids is 2. The summed E-state index contributed by atoms with van der Waals surface area (Å²) in [4.78, 5) is 44.1. The molecular weight excluding hydrogens is 534 g/mol. The Bertz CT molecular complexity index is 1600. The molecule has 218 valence electrons. The smallest absolute Gasteiger partial charge is 0.289 e. The molecule has 6 rings (SSSR count). The van der Waals surface area contributed by atoms with Gasteiger partial charge in [-0.05, 0) is 42.8 Å². The van der Waals surface area contributed by atoms with E-state index in [4.69, 9.17) is 9.15 Å². The van der Waals surface area contributed by atoms with E-state index in [0.29, 0.717) is 48.4 Å². The van der Waals surface area contributed by atoms with Crippen LogP contribution in [-0.4, -0.2) is 82.1 Å². The van der Waals surface area contributed by atoms with Crippen molar-refractivity contribution in [3.8, 4) is 5.75 Å². The van der Waals surface area contributed by atoms with Crippen LogP contribution in [0.5, 0.6) is 5.75 Å². The molecule has 1 N–H and O–H groups in total. The standard InChI is InChI=1S/C32H35N5O5/c1-22(29-26-8-2-3-9-27(26)30(38)34-33-29)31(39)36-13-11-24(12-14-36)42-25-7-4-6-23(20-25)21-35-15-17-37(18-16-35)32(40)28-10-5-19-41-28/h2-10,19-20,22,24H,11-18,21H2,1H3,(H,34,38). The average Bonchev–Trinajstić information content (AvgIpc) is 3.57. The topological polar surface area (TPSA) is 112 Å². The molecule has 42 heavy (non-hydrogen) atoms. The number of hydrogen-bond acceptors (Lipinski definition) is 7. The predicted molar refractivity (Wildman–Crippen MR) is 157 cm³/mol. The van der Waals surface area contributed by atoms with E-state index in [1.54, 1.807) is 18.2 Å². The van der Waals surface area contributed by atoms with Gasteiger partial charge < -0.3 is 19.0 Å². The van der Waals surface area contributed by atoms with Gasteiger partial charge in [0.2, 0.25) is 5.91 Å². The molecule has 4 aromatic rings. The van der Waals surface area contributed by atoms with Crippen molar-refractivity contribution >= 4 is 22.6 Å². The fraction of sp³-hybridized carbons (Fsp3) is 0.375. The highest BCUT2D eigenvalue weighted by molar-refractivity contribution is 5.92. The van der Waals surface area contributed by atoms with Crippen molar-refractivity contribution in [2.24, 2.45) is 0 Å². The molecule has 4 heterocycles. The number of ether oxygens (including phenoxy) is 1. The number of amides is 2. The van der Waals surface area contributed by atoms with Crippen molar-refractivity contribution in [2.45, 2.75) is 38.3 Å². The monoisotopic (exact) mass is 569 g/mol. The molecule has 0 aliphatic carbocycles. The third kappa shape index (κ3) is 5.94. The zero-order valence-electron chi connectivity index (χ0n) is 23.7. The quantitative estimate of drug-likeness (QED) is 0.362. The number of likely N-dealkylation sites (tertiary alicyclic amines) is 1. The highest BCUT2D eigenvalue weighted by atomic mass is 16.5. The SMILES string of the molecule is CC(C(=O)N1CCC(Oc2cccc(CN3CCN(C(=O)c4ccco4)CC3)c2)CC1)c1n[nH]c(=O)c2ccccc12. The number of piperazine rings is 1. The lowest BCUT2D eigenvalue weighted by Gasteiger charge is -2.34. The van der Waals surface area contributed by atoms with Gasteiger partial charge in [-0.2, -0.15) is 5.10 Å². The third-order valence-corrected chi connectivity index (χ3v) is 8.26. The minimum absolute atomic E-state index is 0.00565. The highest BCUT2D eigenvalue weighted by Crippen LogP contribution is 2.26. The van der Waals surface area contributed by atoms with Gasteiger partial charge in [0.05, 0.1) is 23.3 Å². The molecule has 2 aliphatic rings. The van der Waals surface area contributed by atoms with E-state index in [9.17, 15) is 14.4 Å². The lowest BCUT2D eigenvalue weighted by molar-refractivity contribution is -0.134. The number of hydrogen-bond donors (Lipinski definition) is 1. The van der Waals surface area contributed by atoms with Crippen molar-refractivity contribution in [1.29, 1.82) is 0 Å². The molecule has 2 fully saturated rings. The summed E-state index contributed by atoms with van der Waals surface area (Å²) in [6.07, 6.45) is 3.04. The summed E-state index contributed by atoms with van der Waals surface area (Å²) in [5.41, 5.74) is 1.51. The van der Waals surface area contributed by atoms with Gasteiger partial charge in [-0.25, -0.2) is 5.10 Å². The zero-order valence-corrected chi connectivity index (χ0v) is 23.7. The highest BCUT2D eigenvalue weighted by Gasteiger charge is 2.30. The third-order valence-electron chi connectivity index (χ3n) is 8.26. The predicted octanol–water partition coefficient (Wildman–Crippen LogP) is 3.65. The van der Waals surface area contributed by atoms with E-state index in [1.807, 2.05) is 47.1 Å². The van der Waals surface area contributed by atoms with Crippen LogP contribution in [0.15, 0.2) is 76.1 Å². The van der Waals surface area contributed by atoms with Crippen LogP contribution in [0.3, 0.4) is 0 Å². The summed E-state index contributed by atoms with van der Waals surface area (Å²) in [5.74, 6) is 0.703. The number of aromatic nitrogens is 2. The Morgan fingerprint density at radius 1 is 0.952 bits per heavy atom. The number of carbonyl (C=O) groups is 2. The minimum Gasteiger partial charge on any atom is -0.490 e. The Kier molecular flexibility index (Phi) is 8.05. The molecule has 1 unspecified atom stereocenters. The normalized spacial score (nSPS) is 17.4. The Morgan fingerprint density at radius 2 is 1.71 bits per heavy atom. The number of H-pyrrole nitrogens is 1. The number of aromatic amines is 1. The van der Waals surface area contributed by atoms with Gasteiger partial charge >= 0.3 is 0 Å². The number of piperidine rings is 1. The van der Waals surface area contributed by atoms with E-state index in [-0.39, 0.29) is 23.5 Å². The van der Waals surface area contributed by atoms with Crippen LogP contribution in [0.1, 0.15) is 47.5 Å². The molecule has 2 aromatic carbocycles. The van der Waals surface area contributed by atoms with Gasteiger partial charge in [0, 0.05) is 64.0 Å². The van der Waals surface area contributed by atoms with Gasteiger partial charge in [-0.3, -0.25) is 19.3 Å². The fourth-order valence-corrected chi connectivity index (χ4v) is 5.88. The summed E-state index contributed by atoms with van der Waals surface area (Å²) in [6, 6.07) is 18.9. The van der Waals surface area contributed by atoms with Gasteiger partial charge in [0.15, 0.2) is 5.76 Å². The zero-order chi connectivity index (χ0) is 29.1. The molecule has 2 amide bonds. The van der Waals surface area contributed by atoms with Gasteiger partial charge in [0.25, 0.3) is 11.5 Å². The second-order valence-electron chi connectivity index (χ2n) is 11.0. The Balaban J connectivity index is 0.997. The largest absolute Gasteiger partial charge is 0.490 e. The van der Waals surface area contributed by atoms with Crippen molar-refractivity contribution in [2.75, 3.05) is 39.3 Å². The Morgan fingerprint density at radius 3 is 2.45 bits per heavy atom. The number of nitrogens with one attached hydrogen (secondary N) is 1. The second-order valence-corrected chi connectivity index (χ2v) is 11.0. The van der Waals surface area contributed by atoms with Gasteiger partial charge in [0.1, 0.15) is 11.9 Å². The first-order valence-electron chi connectivity index (χ1n) is 14.5. The molecule has 2 saturated heterocycles. The van der Waals surface area contributed by atoms with Crippen LogP contribution >= 0.6 is 0 Å². The van der Waals surface area contributed by atoms with Crippen LogP contribution in [0.2, 0.25) is 0 Å². The summed E-state index contributed by atoms with van der Waals surface area (Å²) >= 11 is 0. The summed E-state index contributed by atoms with van der Waals surface area (Å²) in [7, 11) is 0. The van der Waals surface area contributed by atoms with E-state index in [0.717, 1.165) is 38.2 Å². The maximum Gasteiger partial charge on any atom is 0.289 e. The van der Waals surface area contributed by atoms with E-state index >= 15 is 0 Å². The van der Waals surface area contributed by atoms with E-state index in [2.05, 4.69) is 27.2 Å². The average molecular weight is 570 g/mol. The van der Waals surface area contributed by atoms with Crippen LogP contribution in [-0.2, 0) is 11.3 Å². The number of furan rings is 1. The first kappa shape index (κ1) is 27.7. The molecule has 2 aromatic heterocycles. The summed E-state index contributed by atoms with van der Waals surface area (Å²) in [6.45, 7) is 6.78. The molecule has 0 bridgehead atoms. The molecule has 0 radical (unpaired) electrons. The van der Waals surface area contributed by atoms with E-state index < -0.39 is 5.92 Å². The summed E-state index contributed by atoms with van der Waals surface area (Å²) in [5, 5.41) is 8.02. The first-order chi connectivity index (χ1) is 20.5. The maximum atomic E-state index is 13.4. The molecular formula is C32H35N5O5. The fourth-order valence-electron chi connectivity index (χ4n) is 5.88. The Labute approximate surface area is 243 Å². The molecule has 10 heteroatoms. The molecule has 0 spiro atoms. The lowest BCUT2D eigenvalue weighted by atomic mass is 9.98. The van der Waals surface area contributed by atoms with Crippen molar-refractivity contribution in [3.63, 3.8) is 0 Å². The summed E-state index contributed by atoms with van der Waals surface area (Å²) < 4.78 is 11.6. The lowest BCUT2D eigenvalue weighted by Crippen LogP contribution is -2.48. The van der Waals surface area contributed by atoms with Crippen molar-refractivity contribution in [1.82, 2.24) is 24.9 Å². The van der Waals surface area contributed by atoms with E-state index in [1.165, 1.54) is 11.8 Å². The number of benzene rings is 2. The first-order valence-corrected chi connectivity index (χ1v) is 14.5. The van der Waals surface area contributed by atoms with Crippen molar-refractivity contribution < 1.29 is 18.7 Å². The molecule has 0 saturated carbocycles. The number of fused-ring (bicyclic) bond motifs is 1. The number of nitrogens with zero attached hydrogens (tertiary/aromatic N) is 4. The maximum absolute atomic E-state index is 13.4. The van der Waals surface area contributed by atoms with Crippen LogP contribution in [0.4, 0.5) is 0 Å². The van der Waals surface area contributed by atoms with Crippen LogP contribution in [0.25, 0.3) is 10.8 Å². The molecule has 1 atom stereocenters. The van der Waals surface area contributed by atoms with Crippen LogP contribution in [0, 0.1) is 0 Å².